The Morgan fingerprint density at radius 3 is 2.68 bits per heavy atom. The average molecular weight is 341 g/mol. The van der Waals surface area contributed by atoms with E-state index in [0.717, 1.165) is 6.07 Å². The van der Waals surface area contributed by atoms with Crippen LogP contribution in [0.3, 0.4) is 0 Å². The lowest BCUT2D eigenvalue weighted by Crippen LogP contribution is -2.27. The van der Waals surface area contributed by atoms with Gasteiger partial charge in [0.15, 0.2) is 0 Å². The number of sulfonamides is 1. The number of hydrogen-bond donors (Lipinski definition) is 2. The molecule has 0 amide bonds. The molecule has 1 atom stereocenters. The quantitative estimate of drug-likeness (QED) is 0.871. The second-order valence-corrected chi connectivity index (χ2v) is 6.70. The van der Waals surface area contributed by atoms with Crippen molar-refractivity contribution in [1.29, 1.82) is 0 Å². The number of rotatable bonds is 5. The summed E-state index contributed by atoms with van der Waals surface area (Å²) < 4.78 is 27.1. The molecule has 8 heteroatoms. The fourth-order valence-corrected chi connectivity index (χ4v) is 3.29. The zero-order chi connectivity index (χ0) is 16.3. The molecule has 1 aromatic carbocycles. The molecule has 22 heavy (non-hydrogen) atoms. The largest absolute Gasteiger partial charge is 0.478 e. The minimum Gasteiger partial charge on any atom is -0.478 e. The van der Waals surface area contributed by atoms with Gasteiger partial charge in [-0.2, -0.15) is 0 Å². The maximum Gasteiger partial charge on any atom is 0.337 e. The van der Waals surface area contributed by atoms with Gasteiger partial charge in [-0.15, -0.1) is 0 Å². The number of pyridine rings is 1. The first-order valence-corrected chi connectivity index (χ1v) is 8.12. The van der Waals surface area contributed by atoms with E-state index in [1.54, 1.807) is 31.5 Å². The van der Waals surface area contributed by atoms with E-state index in [1.165, 1.54) is 12.1 Å². The van der Waals surface area contributed by atoms with Crippen molar-refractivity contribution in [1.82, 2.24) is 9.71 Å². The first-order valence-electron chi connectivity index (χ1n) is 6.26. The lowest BCUT2D eigenvalue weighted by atomic mass is 10.2. The Morgan fingerprint density at radius 2 is 2.09 bits per heavy atom. The average Bonchev–Trinajstić information content (AvgIpc) is 2.47. The molecule has 0 aliphatic rings. The minimum atomic E-state index is -3.88. The van der Waals surface area contributed by atoms with Crippen LogP contribution in [0.15, 0.2) is 47.6 Å². The van der Waals surface area contributed by atoms with Crippen LogP contribution in [-0.2, 0) is 10.0 Å². The molecule has 0 radical (unpaired) electrons. The normalized spacial score (nSPS) is 12.8. The summed E-state index contributed by atoms with van der Waals surface area (Å²) >= 11 is 5.74. The van der Waals surface area contributed by atoms with Gasteiger partial charge in [0.25, 0.3) is 0 Å². The van der Waals surface area contributed by atoms with Crippen molar-refractivity contribution in [3.8, 4) is 0 Å². The summed E-state index contributed by atoms with van der Waals surface area (Å²) in [5, 5.41) is 8.99. The van der Waals surface area contributed by atoms with Crippen molar-refractivity contribution < 1.29 is 18.3 Å². The minimum absolute atomic E-state index is 0.0215. The van der Waals surface area contributed by atoms with Crippen LogP contribution in [0.5, 0.6) is 0 Å². The molecule has 0 spiro atoms. The van der Waals surface area contributed by atoms with Crippen molar-refractivity contribution in [2.24, 2.45) is 0 Å². The van der Waals surface area contributed by atoms with Crippen LogP contribution in [0.25, 0.3) is 0 Å². The van der Waals surface area contributed by atoms with Gasteiger partial charge in [-0.05, 0) is 36.8 Å². The van der Waals surface area contributed by atoms with E-state index in [-0.39, 0.29) is 15.5 Å². The van der Waals surface area contributed by atoms with Crippen molar-refractivity contribution in [2.45, 2.75) is 17.9 Å². The molecule has 116 valence electrons. The van der Waals surface area contributed by atoms with Gasteiger partial charge >= 0.3 is 5.97 Å². The van der Waals surface area contributed by atoms with Crippen molar-refractivity contribution in [3.05, 3.63) is 58.9 Å². The van der Waals surface area contributed by atoms with Crippen molar-refractivity contribution in [2.75, 3.05) is 0 Å². The molecule has 0 fully saturated rings. The number of aromatic nitrogens is 1. The van der Waals surface area contributed by atoms with Crippen LogP contribution >= 0.6 is 11.6 Å². The Bertz CT molecular complexity index is 794. The third kappa shape index (κ3) is 3.62. The third-order valence-corrected chi connectivity index (χ3v) is 4.86. The van der Waals surface area contributed by atoms with Gasteiger partial charge in [0.1, 0.15) is 0 Å². The Morgan fingerprint density at radius 1 is 1.36 bits per heavy atom. The number of nitrogens with one attached hydrogen (secondary N) is 1. The fourth-order valence-electron chi connectivity index (χ4n) is 1.84. The smallest absolute Gasteiger partial charge is 0.337 e. The lowest BCUT2D eigenvalue weighted by Gasteiger charge is -2.14. The molecule has 1 aromatic heterocycles. The second-order valence-electron chi connectivity index (χ2n) is 4.58. The summed E-state index contributed by atoms with van der Waals surface area (Å²) in [6.45, 7) is 1.67. The van der Waals surface area contributed by atoms with Crippen molar-refractivity contribution >= 4 is 27.6 Å². The molecular formula is C14H13ClN2O4S. The molecule has 0 saturated carbocycles. The van der Waals surface area contributed by atoms with Crippen LogP contribution in [0.1, 0.15) is 28.9 Å². The van der Waals surface area contributed by atoms with Crippen LogP contribution in [0.4, 0.5) is 0 Å². The molecule has 0 bridgehead atoms. The Hall–Kier alpha value is -1.96. The van der Waals surface area contributed by atoms with E-state index in [0.29, 0.717) is 5.56 Å². The highest BCUT2D eigenvalue weighted by atomic mass is 35.5. The molecule has 2 aromatic rings. The highest BCUT2D eigenvalue weighted by molar-refractivity contribution is 7.89. The standard InChI is InChI=1S/C14H13ClN2O4S/c1-9(10-3-2-6-16-8-10)17-22(20,21)11-4-5-13(15)12(7-11)14(18)19/h2-9,17H,1H3,(H,18,19). The summed E-state index contributed by atoms with van der Waals surface area (Å²) in [5.74, 6) is -1.29. The van der Waals surface area contributed by atoms with Gasteiger partial charge in [0, 0.05) is 18.4 Å². The highest BCUT2D eigenvalue weighted by Gasteiger charge is 2.21. The lowest BCUT2D eigenvalue weighted by molar-refractivity contribution is 0.0697. The summed E-state index contributed by atoms with van der Waals surface area (Å²) in [4.78, 5) is 14.8. The van der Waals surface area contributed by atoms with Gasteiger partial charge in [0.05, 0.1) is 15.5 Å². The maximum atomic E-state index is 12.3. The number of carbonyl (C=O) groups is 1. The number of halogens is 1. The number of carboxylic acid groups (broad SMARTS) is 1. The van der Waals surface area contributed by atoms with Crippen LogP contribution < -0.4 is 4.72 Å². The van der Waals surface area contributed by atoms with E-state index in [9.17, 15) is 13.2 Å². The van der Waals surface area contributed by atoms with E-state index >= 15 is 0 Å². The SMILES string of the molecule is CC(NS(=O)(=O)c1ccc(Cl)c(C(=O)O)c1)c1cccnc1. The fraction of sp³-hybridized carbons (Fsp3) is 0.143. The molecule has 6 nitrogen and oxygen atoms in total. The number of nitrogens with zero attached hydrogens (tertiary/aromatic N) is 1. The first-order chi connectivity index (χ1) is 10.3. The van der Waals surface area contributed by atoms with E-state index in [2.05, 4.69) is 9.71 Å². The number of aromatic carboxylic acids is 1. The zero-order valence-corrected chi connectivity index (χ0v) is 13.1. The van der Waals surface area contributed by atoms with Gasteiger partial charge in [0.2, 0.25) is 10.0 Å². The third-order valence-electron chi connectivity index (χ3n) is 2.99. The van der Waals surface area contributed by atoms with Crippen LogP contribution in [-0.4, -0.2) is 24.5 Å². The van der Waals surface area contributed by atoms with Crippen LogP contribution in [0, 0.1) is 0 Å². The van der Waals surface area contributed by atoms with E-state index in [4.69, 9.17) is 16.7 Å². The molecule has 1 heterocycles. The summed E-state index contributed by atoms with van der Waals surface area (Å²) in [7, 11) is -3.88. The van der Waals surface area contributed by atoms with Gasteiger partial charge in [-0.1, -0.05) is 17.7 Å². The Labute approximate surface area is 132 Å². The van der Waals surface area contributed by atoms with E-state index < -0.39 is 22.0 Å². The molecule has 2 rings (SSSR count). The predicted octanol–water partition coefficient (Wildman–Crippen LogP) is 2.47. The van der Waals surface area contributed by atoms with Gasteiger partial charge in [-0.25, -0.2) is 17.9 Å². The molecule has 1 unspecified atom stereocenters. The van der Waals surface area contributed by atoms with Crippen molar-refractivity contribution in [3.63, 3.8) is 0 Å². The summed E-state index contributed by atoms with van der Waals surface area (Å²) in [5.41, 5.74) is 0.428. The molecule has 0 saturated heterocycles. The summed E-state index contributed by atoms with van der Waals surface area (Å²) in [6, 6.07) is 6.46. The Kier molecular flexibility index (Phi) is 4.80. The second kappa shape index (κ2) is 6.43. The topological polar surface area (TPSA) is 96.4 Å². The molecule has 2 N–H and O–H groups in total. The predicted molar refractivity (Wildman–Crippen MR) is 81.4 cm³/mol. The first kappa shape index (κ1) is 16.4. The van der Waals surface area contributed by atoms with E-state index in [1.807, 2.05) is 0 Å². The van der Waals surface area contributed by atoms with Crippen LogP contribution in [0.2, 0.25) is 5.02 Å². The Balaban J connectivity index is 2.31. The molecule has 0 aliphatic carbocycles. The van der Waals surface area contributed by atoms with Gasteiger partial charge < -0.3 is 5.11 Å². The maximum absolute atomic E-state index is 12.3. The molecular weight excluding hydrogens is 328 g/mol. The summed E-state index contributed by atoms with van der Waals surface area (Å²) in [6.07, 6.45) is 3.14. The number of benzene rings is 1. The monoisotopic (exact) mass is 340 g/mol. The number of hydrogen-bond acceptors (Lipinski definition) is 4. The molecule has 0 aliphatic heterocycles. The van der Waals surface area contributed by atoms with Gasteiger partial charge in [-0.3, -0.25) is 4.98 Å². The zero-order valence-electron chi connectivity index (χ0n) is 11.5. The number of carboxylic acids is 1. The highest BCUT2D eigenvalue weighted by Crippen LogP contribution is 2.22.